The Balaban J connectivity index is 0.00000240. The Labute approximate surface area is 203 Å². The number of aliphatic hydroxyl groups is 1. The summed E-state index contributed by atoms with van der Waals surface area (Å²) in [5, 5.41) is 18.6. The largest absolute Gasteiger partial charge is 0.457 e. The molecule has 0 aromatic heterocycles. The number of benzene rings is 1. The molecule has 8 heteroatoms. The Morgan fingerprint density at radius 1 is 0.871 bits per heavy atom. The Bertz CT molecular complexity index is 633. The smallest absolute Gasteiger partial charge is 0.338 e. The van der Waals surface area contributed by atoms with Crippen LogP contribution in [0.1, 0.15) is 61.7 Å². The lowest BCUT2D eigenvalue weighted by molar-refractivity contribution is -0.0228. The third-order valence-electron chi connectivity index (χ3n) is 6.33. The van der Waals surface area contributed by atoms with Gasteiger partial charge in [-0.3, -0.25) is 0 Å². The van der Waals surface area contributed by atoms with E-state index in [1.165, 1.54) is 19.3 Å². The van der Waals surface area contributed by atoms with E-state index in [-0.39, 0.29) is 54.8 Å². The number of carbonyl (C=O) groups is 1. The van der Waals surface area contributed by atoms with E-state index in [9.17, 15) is 9.90 Å². The molecular weight excluding hydrogens is 459 g/mol. The minimum atomic E-state index is -0.336. The molecule has 4 unspecified atom stereocenters. The number of aliphatic hydroxyl groups excluding tert-OH is 1. The van der Waals surface area contributed by atoms with Crippen LogP contribution < -0.4 is 10.6 Å². The van der Waals surface area contributed by atoms with Gasteiger partial charge in [-0.2, -0.15) is 0 Å². The van der Waals surface area contributed by atoms with Crippen molar-refractivity contribution in [2.75, 3.05) is 26.2 Å². The van der Waals surface area contributed by atoms with E-state index < -0.39 is 0 Å². The molecule has 178 valence electrons. The van der Waals surface area contributed by atoms with Crippen molar-refractivity contribution in [3.05, 3.63) is 34.9 Å². The molecule has 1 aliphatic carbocycles. The molecule has 3 rings (SSSR count). The van der Waals surface area contributed by atoms with E-state index in [0.717, 1.165) is 51.7 Å². The first-order valence-electron chi connectivity index (χ1n) is 11.2. The quantitative estimate of drug-likeness (QED) is 0.533. The number of hydrogen-bond donors (Lipinski definition) is 3. The molecule has 1 aliphatic heterocycles. The van der Waals surface area contributed by atoms with Gasteiger partial charge in [0.15, 0.2) is 0 Å². The van der Waals surface area contributed by atoms with E-state index in [2.05, 4.69) is 10.6 Å². The van der Waals surface area contributed by atoms with Crippen molar-refractivity contribution in [2.45, 2.75) is 63.6 Å². The van der Waals surface area contributed by atoms with Gasteiger partial charge in [0.1, 0.15) is 6.10 Å². The normalized spacial score (nSPS) is 28.1. The summed E-state index contributed by atoms with van der Waals surface area (Å²) in [7, 11) is 0. The molecule has 0 radical (unpaired) electrons. The molecule has 1 aromatic rings. The SMILES string of the molecule is Cl.Cl.O=C(OC1CNCCCNCC1C1CCCCCCCC1O)c1ccc(Cl)cc1. The molecule has 3 N–H and O–H groups in total. The molecule has 1 aromatic carbocycles. The fourth-order valence-corrected chi connectivity index (χ4v) is 4.78. The third-order valence-corrected chi connectivity index (χ3v) is 6.58. The maximum Gasteiger partial charge on any atom is 0.338 e. The van der Waals surface area contributed by atoms with Crippen LogP contribution in [0.15, 0.2) is 24.3 Å². The second-order valence-corrected chi connectivity index (χ2v) is 8.89. The van der Waals surface area contributed by atoms with Crippen LogP contribution in [0.5, 0.6) is 0 Å². The highest BCUT2D eigenvalue weighted by Gasteiger charge is 2.36. The third kappa shape index (κ3) is 9.07. The van der Waals surface area contributed by atoms with E-state index in [4.69, 9.17) is 16.3 Å². The van der Waals surface area contributed by atoms with E-state index >= 15 is 0 Å². The second kappa shape index (κ2) is 15.3. The van der Waals surface area contributed by atoms with Crippen LogP contribution in [0.4, 0.5) is 0 Å². The number of nitrogens with one attached hydrogen (secondary N) is 2. The van der Waals surface area contributed by atoms with Crippen LogP contribution in [0.2, 0.25) is 5.02 Å². The summed E-state index contributed by atoms with van der Waals surface area (Å²) in [6.45, 7) is 3.21. The standard InChI is InChI=1S/C23H35ClN2O3.2ClH/c24-18-11-9-17(10-12-18)23(28)29-22-16-26-14-6-13-25-15-20(22)19-7-4-2-1-3-5-8-21(19)27;;/h9-12,19-22,25-27H,1-8,13-16H2;2*1H. The van der Waals surface area contributed by atoms with Crippen molar-refractivity contribution in [3.63, 3.8) is 0 Å². The molecule has 1 heterocycles. The van der Waals surface area contributed by atoms with Crippen LogP contribution in [-0.2, 0) is 4.74 Å². The zero-order valence-corrected chi connectivity index (χ0v) is 20.5. The molecule has 1 saturated carbocycles. The van der Waals surface area contributed by atoms with E-state index in [1.54, 1.807) is 24.3 Å². The zero-order chi connectivity index (χ0) is 20.5. The summed E-state index contributed by atoms with van der Waals surface area (Å²) in [6, 6.07) is 6.83. The summed E-state index contributed by atoms with van der Waals surface area (Å²) in [4.78, 5) is 12.8. The van der Waals surface area contributed by atoms with Gasteiger partial charge in [0, 0.05) is 24.0 Å². The average Bonchev–Trinajstić information content (AvgIpc) is 2.89. The van der Waals surface area contributed by atoms with Crippen molar-refractivity contribution in [1.29, 1.82) is 0 Å². The topological polar surface area (TPSA) is 70.6 Å². The minimum absolute atomic E-state index is 0. The van der Waals surface area contributed by atoms with Gasteiger partial charge in [-0.05, 0) is 62.5 Å². The van der Waals surface area contributed by atoms with E-state index in [0.29, 0.717) is 17.1 Å². The molecular formula is C23H37Cl3N2O3. The molecule has 2 fully saturated rings. The lowest BCUT2D eigenvalue weighted by Crippen LogP contribution is -2.46. The minimum Gasteiger partial charge on any atom is -0.457 e. The van der Waals surface area contributed by atoms with Crippen molar-refractivity contribution in [2.24, 2.45) is 11.8 Å². The van der Waals surface area contributed by atoms with Gasteiger partial charge in [0.2, 0.25) is 0 Å². The highest BCUT2D eigenvalue weighted by molar-refractivity contribution is 6.30. The highest BCUT2D eigenvalue weighted by Crippen LogP contribution is 2.31. The van der Waals surface area contributed by atoms with Crippen molar-refractivity contribution < 1.29 is 14.6 Å². The van der Waals surface area contributed by atoms with Gasteiger partial charge in [0.05, 0.1) is 11.7 Å². The predicted octanol–water partition coefficient (Wildman–Crippen LogP) is 4.63. The first kappa shape index (κ1) is 28.5. The maximum absolute atomic E-state index is 12.8. The molecule has 2 aliphatic rings. The maximum atomic E-state index is 12.8. The fourth-order valence-electron chi connectivity index (χ4n) is 4.65. The number of carbonyl (C=O) groups excluding carboxylic acids is 1. The zero-order valence-electron chi connectivity index (χ0n) is 18.1. The van der Waals surface area contributed by atoms with Crippen molar-refractivity contribution in [1.82, 2.24) is 10.6 Å². The van der Waals surface area contributed by atoms with Gasteiger partial charge in [-0.15, -0.1) is 24.8 Å². The number of ether oxygens (including phenoxy) is 1. The summed E-state index contributed by atoms with van der Waals surface area (Å²) in [5.41, 5.74) is 0.510. The molecule has 5 nitrogen and oxygen atoms in total. The number of halogens is 3. The van der Waals surface area contributed by atoms with Gasteiger partial charge in [-0.1, -0.05) is 43.7 Å². The van der Waals surface area contributed by atoms with Gasteiger partial charge < -0.3 is 20.5 Å². The Hall–Kier alpha value is -0.560. The van der Waals surface area contributed by atoms with Crippen molar-refractivity contribution in [3.8, 4) is 0 Å². The Morgan fingerprint density at radius 2 is 1.48 bits per heavy atom. The average molecular weight is 496 g/mol. The molecule has 4 atom stereocenters. The van der Waals surface area contributed by atoms with Crippen LogP contribution >= 0.6 is 36.4 Å². The summed E-state index contributed by atoms with van der Waals surface area (Å²) in [6.07, 6.45) is 8.13. The lowest BCUT2D eigenvalue weighted by Gasteiger charge is -2.36. The Kier molecular flexibility index (Phi) is 14.1. The number of esters is 1. The number of rotatable bonds is 3. The molecule has 0 bridgehead atoms. The summed E-state index contributed by atoms with van der Waals surface area (Å²) in [5.74, 6) is -0.0938. The van der Waals surface area contributed by atoms with Crippen LogP contribution in [0.25, 0.3) is 0 Å². The van der Waals surface area contributed by atoms with Gasteiger partial charge in [-0.25, -0.2) is 4.79 Å². The van der Waals surface area contributed by atoms with Crippen LogP contribution in [0, 0.1) is 11.8 Å². The lowest BCUT2D eigenvalue weighted by atomic mass is 9.79. The summed E-state index contributed by atoms with van der Waals surface area (Å²) < 4.78 is 6.03. The highest BCUT2D eigenvalue weighted by atomic mass is 35.5. The van der Waals surface area contributed by atoms with Crippen LogP contribution in [-0.4, -0.2) is 49.5 Å². The molecule has 0 amide bonds. The fraction of sp³-hybridized carbons (Fsp3) is 0.696. The van der Waals surface area contributed by atoms with Gasteiger partial charge in [0.25, 0.3) is 0 Å². The molecule has 31 heavy (non-hydrogen) atoms. The molecule has 1 saturated heterocycles. The predicted molar refractivity (Wildman–Crippen MR) is 131 cm³/mol. The van der Waals surface area contributed by atoms with Crippen molar-refractivity contribution >= 4 is 42.4 Å². The monoisotopic (exact) mass is 494 g/mol. The molecule has 0 spiro atoms. The first-order chi connectivity index (χ1) is 14.1. The van der Waals surface area contributed by atoms with E-state index in [1.807, 2.05) is 0 Å². The second-order valence-electron chi connectivity index (χ2n) is 8.45. The van der Waals surface area contributed by atoms with Crippen LogP contribution in [0.3, 0.4) is 0 Å². The number of hydrogen-bond acceptors (Lipinski definition) is 5. The summed E-state index contributed by atoms with van der Waals surface area (Å²) >= 11 is 5.95. The Morgan fingerprint density at radius 3 is 2.19 bits per heavy atom. The first-order valence-corrected chi connectivity index (χ1v) is 11.6. The van der Waals surface area contributed by atoms with Gasteiger partial charge >= 0.3 is 5.97 Å².